The van der Waals surface area contributed by atoms with Crippen LogP contribution in [0.1, 0.15) is 25.0 Å². The van der Waals surface area contributed by atoms with Gasteiger partial charge in [0.15, 0.2) is 0 Å². The Bertz CT molecular complexity index is 1440. The lowest BCUT2D eigenvalue weighted by Crippen LogP contribution is -2.53. The summed E-state index contributed by atoms with van der Waals surface area (Å²) in [6, 6.07) is 19.6. The Morgan fingerprint density at radius 3 is 2.15 bits per heavy atom. The SMILES string of the molecule is CC(C)CNC(=O)[C@H](Cc1ccccc1)N(Cc1ccc(Cl)cc1Cl)C(=O)CN(c1ccccc1Cl)S(C)(=O)=O. The second-order valence-electron chi connectivity index (χ2n) is 9.82. The number of hydrogen-bond donors (Lipinski definition) is 1. The number of nitrogens with zero attached hydrogens (tertiary/aromatic N) is 2. The predicted molar refractivity (Wildman–Crippen MR) is 162 cm³/mol. The third kappa shape index (κ3) is 8.86. The summed E-state index contributed by atoms with van der Waals surface area (Å²) in [5.74, 6) is -0.784. The van der Waals surface area contributed by atoms with Crippen molar-refractivity contribution in [1.82, 2.24) is 10.2 Å². The topological polar surface area (TPSA) is 86.8 Å². The van der Waals surface area contributed by atoms with Crippen LogP contribution in [0.25, 0.3) is 0 Å². The van der Waals surface area contributed by atoms with E-state index in [2.05, 4.69) is 5.32 Å². The molecule has 214 valence electrons. The van der Waals surface area contributed by atoms with Gasteiger partial charge in [-0.2, -0.15) is 0 Å². The van der Waals surface area contributed by atoms with Gasteiger partial charge in [0.25, 0.3) is 0 Å². The third-order valence-electron chi connectivity index (χ3n) is 6.11. The lowest BCUT2D eigenvalue weighted by atomic mass is 10.0. The van der Waals surface area contributed by atoms with E-state index in [1.807, 2.05) is 44.2 Å². The Morgan fingerprint density at radius 2 is 1.55 bits per heavy atom. The van der Waals surface area contributed by atoms with Gasteiger partial charge in [-0.15, -0.1) is 0 Å². The van der Waals surface area contributed by atoms with Crippen molar-refractivity contribution in [3.63, 3.8) is 0 Å². The minimum absolute atomic E-state index is 0.0540. The van der Waals surface area contributed by atoms with Crippen molar-refractivity contribution in [3.05, 3.63) is 99.0 Å². The maximum Gasteiger partial charge on any atom is 0.244 e. The largest absolute Gasteiger partial charge is 0.354 e. The number of hydrogen-bond acceptors (Lipinski definition) is 4. The lowest BCUT2D eigenvalue weighted by Gasteiger charge is -2.34. The average molecular weight is 625 g/mol. The molecular weight excluding hydrogens is 593 g/mol. The second kappa shape index (κ2) is 14.2. The monoisotopic (exact) mass is 623 g/mol. The molecule has 0 aliphatic heterocycles. The summed E-state index contributed by atoms with van der Waals surface area (Å²) < 4.78 is 26.6. The molecular formula is C29H32Cl3N3O4S. The van der Waals surface area contributed by atoms with Crippen LogP contribution in [0.15, 0.2) is 72.8 Å². The van der Waals surface area contributed by atoms with Crippen LogP contribution >= 0.6 is 34.8 Å². The maximum absolute atomic E-state index is 14.1. The summed E-state index contributed by atoms with van der Waals surface area (Å²) in [7, 11) is -3.92. The molecule has 3 aromatic rings. The smallest absolute Gasteiger partial charge is 0.244 e. The molecule has 0 spiro atoms. The van der Waals surface area contributed by atoms with Gasteiger partial charge in [-0.1, -0.05) is 97.2 Å². The zero-order valence-electron chi connectivity index (χ0n) is 22.5. The first-order valence-electron chi connectivity index (χ1n) is 12.6. The highest BCUT2D eigenvalue weighted by molar-refractivity contribution is 7.92. The van der Waals surface area contributed by atoms with Crippen LogP contribution in [0.5, 0.6) is 0 Å². The van der Waals surface area contributed by atoms with Gasteiger partial charge in [-0.05, 0) is 41.3 Å². The van der Waals surface area contributed by atoms with Crippen molar-refractivity contribution in [1.29, 1.82) is 0 Å². The Balaban J connectivity index is 2.08. The van der Waals surface area contributed by atoms with Crippen molar-refractivity contribution < 1.29 is 18.0 Å². The number of carbonyl (C=O) groups excluding carboxylic acids is 2. The van der Waals surface area contributed by atoms with Crippen molar-refractivity contribution in [3.8, 4) is 0 Å². The third-order valence-corrected chi connectivity index (χ3v) is 8.14. The number of halogens is 3. The number of para-hydroxylation sites is 1. The summed E-state index contributed by atoms with van der Waals surface area (Å²) in [6.45, 7) is 3.72. The molecule has 0 aliphatic carbocycles. The number of amides is 2. The van der Waals surface area contributed by atoms with Crippen molar-refractivity contribution in [2.45, 2.75) is 32.9 Å². The predicted octanol–water partition coefficient (Wildman–Crippen LogP) is 5.83. The highest BCUT2D eigenvalue weighted by Crippen LogP contribution is 2.28. The fraction of sp³-hybridized carbons (Fsp3) is 0.310. The van der Waals surface area contributed by atoms with Crippen LogP contribution in [0.2, 0.25) is 15.1 Å². The van der Waals surface area contributed by atoms with Gasteiger partial charge in [-0.3, -0.25) is 13.9 Å². The Labute approximate surface area is 251 Å². The molecule has 3 rings (SSSR count). The Morgan fingerprint density at radius 1 is 0.900 bits per heavy atom. The molecule has 0 radical (unpaired) electrons. The second-order valence-corrected chi connectivity index (χ2v) is 13.0. The summed E-state index contributed by atoms with van der Waals surface area (Å²) in [4.78, 5) is 29.1. The molecule has 1 N–H and O–H groups in total. The minimum Gasteiger partial charge on any atom is -0.354 e. The molecule has 0 fully saturated rings. The van der Waals surface area contributed by atoms with Gasteiger partial charge in [0.05, 0.1) is 17.0 Å². The Hall–Kier alpha value is -2.78. The summed E-state index contributed by atoms with van der Waals surface area (Å²) in [6.07, 6.45) is 1.20. The van der Waals surface area contributed by atoms with Crippen LogP contribution in [0, 0.1) is 5.92 Å². The molecule has 0 unspecified atom stereocenters. The fourth-order valence-corrected chi connectivity index (χ4v) is 5.68. The molecule has 0 heterocycles. The van der Waals surface area contributed by atoms with E-state index in [0.29, 0.717) is 22.2 Å². The Kier molecular flexibility index (Phi) is 11.3. The number of sulfonamides is 1. The molecule has 1 atom stereocenters. The first kappa shape index (κ1) is 31.7. The minimum atomic E-state index is -3.92. The summed E-state index contributed by atoms with van der Waals surface area (Å²) in [5, 5.41) is 3.84. The normalized spacial score (nSPS) is 12.2. The molecule has 2 amide bonds. The van der Waals surface area contributed by atoms with E-state index in [0.717, 1.165) is 16.1 Å². The molecule has 7 nitrogen and oxygen atoms in total. The zero-order valence-corrected chi connectivity index (χ0v) is 25.6. The number of nitrogens with one attached hydrogen (secondary N) is 1. The van der Waals surface area contributed by atoms with Crippen molar-refractivity contribution >= 4 is 62.3 Å². The van der Waals surface area contributed by atoms with Gasteiger partial charge < -0.3 is 10.2 Å². The molecule has 0 bridgehead atoms. The van der Waals surface area contributed by atoms with E-state index in [1.54, 1.807) is 36.4 Å². The van der Waals surface area contributed by atoms with Gasteiger partial charge in [0.1, 0.15) is 12.6 Å². The summed E-state index contributed by atoms with van der Waals surface area (Å²) in [5.41, 5.74) is 1.55. The first-order chi connectivity index (χ1) is 18.9. The van der Waals surface area contributed by atoms with Crippen LogP contribution in [-0.4, -0.2) is 50.5 Å². The average Bonchev–Trinajstić information content (AvgIpc) is 2.89. The van der Waals surface area contributed by atoms with E-state index < -0.39 is 28.5 Å². The van der Waals surface area contributed by atoms with Crippen molar-refractivity contribution in [2.75, 3.05) is 23.7 Å². The standard InChI is InChI=1S/C29H32Cl3N3O4S/c1-20(2)17-33-29(37)27(15-21-9-5-4-6-10-21)34(18-22-13-14-23(30)16-25(22)32)28(36)19-35(40(3,38)39)26-12-8-7-11-24(26)31/h4-14,16,20,27H,15,17-19H2,1-3H3,(H,33,37)/t27-/m0/s1. The van der Waals surface area contributed by atoms with Crippen molar-refractivity contribution in [2.24, 2.45) is 5.92 Å². The quantitative estimate of drug-likeness (QED) is 0.275. The highest BCUT2D eigenvalue weighted by Gasteiger charge is 2.33. The van der Waals surface area contributed by atoms with Gasteiger partial charge in [0.2, 0.25) is 21.8 Å². The van der Waals surface area contributed by atoms with E-state index in [-0.39, 0.29) is 35.5 Å². The number of anilines is 1. The summed E-state index contributed by atoms with van der Waals surface area (Å²) >= 11 is 18.9. The first-order valence-corrected chi connectivity index (χ1v) is 15.6. The van der Waals surface area contributed by atoms with Gasteiger partial charge in [-0.25, -0.2) is 8.42 Å². The maximum atomic E-state index is 14.1. The van der Waals surface area contributed by atoms with E-state index >= 15 is 0 Å². The number of benzene rings is 3. The molecule has 0 aliphatic rings. The highest BCUT2D eigenvalue weighted by atomic mass is 35.5. The van der Waals surface area contributed by atoms with Gasteiger partial charge >= 0.3 is 0 Å². The van der Waals surface area contributed by atoms with Crippen LogP contribution in [0.3, 0.4) is 0 Å². The zero-order chi connectivity index (χ0) is 29.4. The van der Waals surface area contributed by atoms with Gasteiger partial charge in [0, 0.05) is 29.6 Å². The molecule has 40 heavy (non-hydrogen) atoms. The van der Waals surface area contributed by atoms with E-state index in [1.165, 1.54) is 11.0 Å². The van der Waals surface area contributed by atoms with Crippen LogP contribution < -0.4 is 9.62 Å². The fourth-order valence-electron chi connectivity index (χ4n) is 4.06. The van der Waals surface area contributed by atoms with E-state index in [4.69, 9.17) is 34.8 Å². The van der Waals surface area contributed by atoms with E-state index in [9.17, 15) is 18.0 Å². The molecule has 3 aromatic carbocycles. The number of carbonyl (C=O) groups is 2. The van der Waals surface area contributed by atoms with Crippen LogP contribution in [-0.2, 0) is 32.6 Å². The molecule has 11 heteroatoms. The number of rotatable bonds is 12. The molecule has 0 saturated carbocycles. The molecule has 0 saturated heterocycles. The van der Waals surface area contributed by atoms with Crippen LogP contribution in [0.4, 0.5) is 5.69 Å². The molecule has 0 aromatic heterocycles. The lowest BCUT2D eigenvalue weighted by molar-refractivity contribution is -0.140.